The van der Waals surface area contributed by atoms with Gasteiger partial charge in [0.2, 0.25) is 5.78 Å². The van der Waals surface area contributed by atoms with Crippen LogP contribution in [0.1, 0.15) is 27.2 Å². The summed E-state index contributed by atoms with van der Waals surface area (Å²) >= 11 is 1.54. The minimum Gasteiger partial charge on any atom is -0.396 e. The van der Waals surface area contributed by atoms with Crippen LogP contribution in [-0.4, -0.2) is 15.2 Å². The molecule has 0 radical (unpaired) electrons. The molecule has 0 spiro atoms. The molecule has 5 heteroatoms. The van der Waals surface area contributed by atoms with Gasteiger partial charge in [0.15, 0.2) is 0 Å². The van der Waals surface area contributed by atoms with Gasteiger partial charge >= 0.3 is 0 Å². The average Bonchev–Trinajstić information content (AvgIpc) is 3.38. The number of benzene rings is 2. The van der Waals surface area contributed by atoms with Gasteiger partial charge in [-0.25, -0.2) is 4.98 Å². The number of aryl methyl sites for hydroxylation is 2. The van der Waals surface area contributed by atoms with Crippen LogP contribution in [-0.2, 0) is 0 Å². The number of nitrogens with zero attached hydrogens (tertiary/aromatic N) is 2. The van der Waals surface area contributed by atoms with Crippen molar-refractivity contribution in [3.05, 3.63) is 101 Å². The Kier molecular flexibility index (Phi) is 4.68. The Labute approximate surface area is 184 Å². The van der Waals surface area contributed by atoms with Crippen LogP contribution >= 0.6 is 11.3 Å². The standard InChI is InChI=1S/C26H21N3OS/c1-16-11-12-19(14-17(16)2)25(30)24-23(27)22(21-10-6-7-13-29(21)24)26-28-20(15-31-26)18-8-4-3-5-9-18/h3-15H,27H2,1-2H3. The maximum Gasteiger partial charge on any atom is 0.211 e. The number of nitrogen functional groups attached to an aromatic ring is 1. The first-order chi connectivity index (χ1) is 15.0. The average molecular weight is 424 g/mol. The number of hydrogen-bond donors (Lipinski definition) is 1. The Morgan fingerprint density at radius 1 is 0.968 bits per heavy atom. The molecule has 0 unspecified atom stereocenters. The molecule has 5 rings (SSSR count). The molecule has 31 heavy (non-hydrogen) atoms. The van der Waals surface area contributed by atoms with E-state index < -0.39 is 0 Å². The van der Waals surface area contributed by atoms with Crippen molar-refractivity contribution < 1.29 is 4.79 Å². The number of thiazole rings is 1. The van der Waals surface area contributed by atoms with Crippen molar-refractivity contribution >= 4 is 28.3 Å². The van der Waals surface area contributed by atoms with Crippen molar-refractivity contribution in [3.8, 4) is 21.8 Å². The minimum atomic E-state index is -0.0899. The van der Waals surface area contributed by atoms with Crippen molar-refractivity contribution in [1.29, 1.82) is 0 Å². The van der Waals surface area contributed by atoms with E-state index in [1.54, 1.807) is 0 Å². The van der Waals surface area contributed by atoms with Crippen molar-refractivity contribution in [2.24, 2.45) is 0 Å². The Balaban J connectivity index is 1.68. The van der Waals surface area contributed by atoms with Gasteiger partial charge in [-0.05, 0) is 43.2 Å². The summed E-state index contributed by atoms with van der Waals surface area (Å²) in [6.07, 6.45) is 1.88. The summed E-state index contributed by atoms with van der Waals surface area (Å²) < 4.78 is 1.88. The maximum absolute atomic E-state index is 13.5. The molecule has 2 aromatic carbocycles. The van der Waals surface area contributed by atoms with Crippen LogP contribution < -0.4 is 5.73 Å². The highest BCUT2D eigenvalue weighted by molar-refractivity contribution is 7.13. The molecule has 0 aliphatic carbocycles. The van der Waals surface area contributed by atoms with Gasteiger partial charge in [0.05, 0.1) is 22.5 Å². The van der Waals surface area contributed by atoms with Gasteiger partial charge < -0.3 is 10.1 Å². The van der Waals surface area contributed by atoms with Gasteiger partial charge in [-0.1, -0.05) is 48.5 Å². The smallest absolute Gasteiger partial charge is 0.211 e. The normalized spacial score (nSPS) is 11.2. The van der Waals surface area contributed by atoms with E-state index in [2.05, 4.69) is 0 Å². The first-order valence-electron chi connectivity index (χ1n) is 10.1. The zero-order valence-electron chi connectivity index (χ0n) is 17.3. The monoisotopic (exact) mass is 423 g/mol. The molecule has 0 fully saturated rings. The Bertz CT molecular complexity index is 1430. The van der Waals surface area contributed by atoms with Crippen LogP contribution in [0.2, 0.25) is 0 Å². The van der Waals surface area contributed by atoms with Crippen LogP contribution in [0.25, 0.3) is 27.3 Å². The number of hydrogen-bond acceptors (Lipinski definition) is 4. The lowest BCUT2D eigenvalue weighted by molar-refractivity contribution is 0.103. The number of anilines is 1. The molecule has 0 amide bonds. The van der Waals surface area contributed by atoms with Gasteiger partial charge in [0.25, 0.3) is 0 Å². The second kappa shape index (κ2) is 7.52. The highest BCUT2D eigenvalue weighted by Crippen LogP contribution is 2.39. The summed E-state index contributed by atoms with van der Waals surface area (Å²) in [6.45, 7) is 4.05. The summed E-state index contributed by atoms with van der Waals surface area (Å²) in [4.78, 5) is 18.3. The van der Waals surface area contributed by atoms with E-state index in [4.69, 9.17) is 10.7 Å². The van der Waals surface area contributed by atoms with Crippen LogP contribution in [0, 0.1) is 13.8 Å². The largest absolute Gasteiger partial charge is 0.396 e. The van der Waals surface area contributed by atoms with Gasteiger partial charge in [-0.3, -0.25) is 4.79 Å². The number of aromatic nitrogens is 2. The molecule has 0 saturated heterocycles. The van der Waals surface area contributed by atoms with Gasteiger partial charge in [0.1, 0.15) is 10.7 Å². The molecule has 3 heterocycles. The number of nitrogens with two attached hydrogens (primary N) is 1. The molecule has 0 saturated carbocycles. The third-order valence-electron chi connectivity index (χ3n) is 5.65. The summed E-state index contributed by atoms with van der Waals surface area (Å²) in [7, 11) is 0. The topological polar surface area (TPSA) is 60.4 Å². The van der Waals surface area contributed by atoms with E-state index in [1.807, 2.05) is 96.6 Å². The number of carbonyl (C=O) groups excluding carboxylic acids is 1. The first kappa shape index (κ1) is 19.3. The van der Waals surface area contributed by atoms with Crippen molar-refractivity contribution in [2.75, 3.05) is 5.73 Å². The second-order valence-electron chi connectivity index (χ2n) is 7.63. The van der Waals surface area contributed by atoms with Crippen LogP contribution in [0.4, 0.5) is 5.69 Å². The van der Waals surface area contributed by atoms with Crippen LogP contribution in [0.3, 0.4) is 0 Å². The Morgan fingerprint density at radius 3 is 2.52 bits per heavy atom. The lowest BCUT2D eigenvalue weighted by Crippen LogP contribution is -2.08. The zero-order chi connectivity index (χ0) is 21.5. The molecule has 3 aromatic heterocycles. The fourth-order valence-corrected chi connectivity index (χ4v) is 4.73. The molecule has 0 aliphatic rings. The molecular formula is C26H21N3OS. The lowest BCUT2D eigenvalue weighted by Gasteiger charge is -2.06. The van der Waals surface area contributed by atoms with Crippen LogP contribution in [0.5, 0.6) is 0 Å². The van der Waals surface area contributed by atoms with Gasteiger partial charge in [-0.2, -0.15) is 0 Å². The molecule has 0 bridgehead atoms. The quantitative estimate of drug-likeness (QED) is 0.352. The molecule has 5 aromatic rings. The minimum absolute atomic E-state index is 0.0899. The number of ketones is 1. The van der Waals surface area contributed by atoms with E-state index in [1.165, 1.54) is 11.3 Å². The highest BCUT2D eigenvalue weighted by atomic mass is 32.1. The molecule has 0 aliphatic heterocycles. The van der Waals surface area contributed by atoms with Gasteiger partial charge in [0, 0.05) is 22.7 Å². The van der Waals surface area contributed by atoms with Crippen molar-refractivity contribution in [2.45, 2.75) is 13.8 Å². The van der Waals surface area contributed by atoms with E-state index >= 15 is 0 Å². The predicted molar refractivity (Wildman–Crippen MR) is 128 cm³/mol. The van der Waals surface area contributed by atoms with Crippen molar-refractivity contribution in [3.63, 3.8) is 0 Å². The summed E-state index contributed by atoms with van der Waals surface area (Å²) in [5.74, 6) is -0.0899. The maximum atomic E-state index is 13.5. The van der Waals surface area contributed by atoms with E-state index in [0.29, 0.717) is 16.9 Å². The number of rotatable bonds is 4. The molecule has 4 nitrogen and oxygen atoms in total. The number of carbonyl (C=O) groups is 1. The fourth-order valence-electron chi connectivity index (χ4n) is 3.83. The molecule has 152 valence electrons. The highest BCUT2D eigenvalue weighted by Gasteiger charge is 2.25. The van der Waals surface area contributed by atoms with E-state index in [0.717, 1.165) is 38.5 Å². The Morgan fingerprint density at radius 2 is 1.74 bits per heavy atom. The van der Waals surface area contributed by atoms with Crippen LogP contribution in [0.15, 0.2) is 78.3 Å². The first-order valence-corrected chi connectivity index (χ1v) is 10.9. The Hall–Kier alpha value is -3.70. The fraction of sp³-hybridized carbons (Fsp3) is 0.0769. The third-order valence-corrected chi connectivity index (χ3v) is 6.51. The molecular weight excluding hydrogens is 402 g/mol. The zero-order valence-corrected chi connectivity index (χ0v) is 18.1. The second-order valence-corrected chi connectivity index (χ2v) is 8.48. The summed E-state index contributed by atoms with van der Waals surface area (Å²) in [5.41, 5.74) is 14.1. The molecule has 0 atom stereocenters. The number of fused-ring (bicyclic) bond motifs is 1. The van der Waals surface area contributed by atoms with Crippen molar-refractivity contribution in [1.82, 2.24) is 9.38 Å². The van der Waals surface area contributed by atoms with E-state index in [-0.39, 0.29) is 5.78 Å². The predicted octanol–water partition coefficient (Wildman–Crippen LogP) is 6.16. The van der Waals surface area contributed by atoms with E-state index in [9.17, 15) is 4.79 Å². The summed E-state index contributed by atoms with van der Waals surface area (Å²) in [6, 6.07) is 21.7. The number of pyridine rings is 1. The SMILES string of the molecule is Cc1ccc(C(=O)c2c(N)c(-c3nc(-c4ccccc4)cs3)c3ccccn23)cc1C. The summed E-state index contributed by atoms with van der Waals surface area (Å²) in [5, 5.41) is 2.83. The third kappa shape index (κ3) is 3.23. The van der Waals surface area contributed by atoms with Gasteiger partial charge in [-0.15, -0.1) is 11.3 Å². The molecule has 2 N–H and O–H groups in total. The lowest BCUT2D eigenvalue weighted by atomic mass is 10.0.